The Bertz CT molecular complexity index is 479. The molecule has 0 saturated carbocycles. The zero-order chi connectivity index (χ0) is 12.1. The monoisotopic (exact) mass is 228 g/mol. The summed E-state index contributed by atoms with van der Waals surface area (Å²) in [5.74, 6) is 0. The van der Waals surface area contributed by atoms with Gasteiger partial charge in [-0.15, -0.1) is 0 Å². The molecule has 0 fully saturated rings. The van der Waals surface area contributed by atoms with Crippen LogP contribution in [0.3, 0.4) is 0 Å². The number of allylic oxidation sites excluding steroid dienone is 1. The molecule has 16 heavy (non-hydrogen) atoms. The Kier molecular flexibility index (Phi) is 2.62. The fourth-order valence-electron chi connectivity index (χ4n) is 2.97. The first-order valence-corrected chi connectivity index (χ1v) is 7.40. The molecule has 0 heterocycles. The minimum Gasteiger partial charge on any atom is -0.0752 e. The number of hydrogen-bond acceptors (Lipinski definition) is 0. The molecule has 0 aliphatic heterocycles. The van der Waals surface area contributed by atoms with Crippen molar-refractivity contribution in [3.05, 3.63) is 39.1 Å². The second-order valence-electron chi connectivity index (χ2n) is 5.36. The van der Waals surface area contributed by atoms with E-state index in [2.05, 4.69) is 53.3 Å². The molecule has 2 radical (unpaired) electrons. The highest BCUT2D eigenvalue weighted by Gasteiger charge is 2.34. The highest BCUT2D eigenvalue weighted by atomic mass is 28.2. The van der Waals surface area contributed by atoms with Crippen molar-refractivity contribution in [2.75, 3.05) is 0 Å². The fourth-order valence-corrected chi connectivity index (χ4v) is 4.01. The number of rotatable bonds is 1. The third-order valence-corrected chi connectivity index (χ3v) is 5.26. The molecular formula is C15H20Si. The maximum absolute atomic E-state index is 2.43. The lowest BCUT2D eigenvalue weighted by molar-refractivity contribution is 0.662. The Morgan fingerprint density at radius 2 is 1.69 bits per heavy atom. The minimum absolute atomic E-state index is 0.241. The van der Waals surface area contributed by atoms with Crippen LogP contribution in [0.1, 0.15) is 41.7 Å². The van der Waals surface area contributed by atoms with Gasteiger partial charge >= 0.3 is 0 Å². The summed E-state index contributed by atoms with van der Waals surface area (Å²) in [5.41, 5.74) is 7.62. The van der Waals surface area contributed by atoms with Gasteiger partial charge in [0.1, 0.15) is 0 Å². The van der Waals surface area contributed by atoms with Crippen LogP contribution in [-0.2, 0) is 5.41 Å². The molecule has 1 aliphatic carbocycles. The van der Waals surface area contributed by atoms with Gasteiger partial charge in [0.15, 0.2) is 0 Å². The van der Waals surface area contributed by atoms with Crippen LogP contribution in [0.25, 0.3) is 6.08 Å². The van der Waals surface area contributed by atoms with Gasteiger partial charge in [0.25, 0.3) is 0 Å². The Hall–Kier alpha value is -0.823. The van der Waals surface area contributed by atoms with Gasteiger partial charge in [-0.3, -0.25) is 0 Å². The van der Waals surface area contributed by atoms with Gasteiger partial charge < -0.3 is 0 Å². The predicted molar refractivity (Wildman–Crippen MR) is 73.3 cm³/mol. The van der Waals surface area contributed by atoms with Crippen LogP contribution in [0.2, 0.25) is 6.55 Å². The number of benzene rings is 1. The highest BCUT2D eigenvalue weighted by molar-refractivity contribution is 6.46. The smallest absolute Gasteiger partial charge is 0.0727 e. The summed E-state index contributed by atoms with van der Waals surface area (Å²) in [6.07, 6.45) is 2.43. The SMILES string of the molecule is C[Si]C1=Cc2c(C)c(C)cc(C)c2C1(C)C. The fraction of sp³-hybridized carbons (Fsp3) is 0.467. The molecule has 0 amide bonds. The first kappa shape index (κ1) is 11.7. The minimum atomic E-state index is 0.241. The van der Waals surface area contributed by atoms with E-state index >= 15 is 0 Å². The summed E-state index contributed by atoms with van der Waals surface area (Å²) < 4.78 is 0. The molecule has 0 nitrogen and oxygen atoms in total. The zero-order valence-corrected chi connectivity index (χ0v) is 12.2. The third kappa shape index (κ3) is 1.41. The standard InChI is InChI=1S/C15H20Si/c1-9-7-10(2)14-12(11(9)3)8-13(16-6)15(14,4)5/h7-8H,1-6H3. The Morgan fingerprint density at radius 1 is 1.06 bits per heavy atom. The van der Waals surface area contributed by atoms with Gasteiger partial charge in [-0.05, 0) is 48.6 Å². The molecule has 0 N–H and O–H groups in total. The highest BCUT2D eigenvalue weighted by Crippen LogP contribution is 2.44. The second-order valence-corrected chi connectivity index (χ2v) is 6.40. The first-order valence-electron chi connectivity index (χ1n) is 5.90. The van der Waals surface area contributed by atoms with Crippen molar-refractivity contribution in [1.82, 2.24) is 0 Å². The van der Waals surface area contributed by atoms with Gasteiger partial charge in [0.2, 0.25) is 0 Å². The van der Waals surface area contributed by atoms with Crippen molar-refractivity contribution < 1.29 is 0 Å². The van der Waals surface area contributed by atoms with E-state index in [4.69, 9.17) is 0 Å². The maximum Gasteiger partial charge on any atom is 0.0727 e. The van der Waals surface area contributed by atoms with E-state index < -0.39 is 0 Å². The van der Waals surface area contributed by atoms with Gasteiger partial charge in [0, 0.05) is 5.41 Å². The van der Waals surface area contributed by atoms with Crippen LogP contribution < -0.4 is 0 Å². The quantitative estimate of drug-likeness (QED) is 0.637. The zero-order valence-electron chi connectivity index (χ0n) is 11.2. The molecule has 0 unspecified atom stereocenters. The van der Waals surface area contributed by atoms with E-state index in [1.54, 1.807) is 10.8 Å². The van der Waals surface area contributed by atoms with E-state index in [0.29, 0.717) is 0 Å². The normalized spacial score (nSPS) is 17.2. The number of fused-ring (bicyclic) bond motifs is 1. The van der Waals surface area contributed by atoms with Crippen molar-refractivity contribution >= 4 is 15.6 Å². The van der Waals surface area contributed by atoms with E-state index in [1.165, 1.54) is 22.3 Å². The molecule has 2 rings (SSSR count). The molecular weight excluding hydrogens is 208 g/mol. The van der Waals surface area contributed by atoms with Crippen LogP contribution in [0.15, 0.2) is 11.3 Å². The maximum atomic E-state index is 2.43. The Morgan fingerprint density at radius 3 is 2.25 bits per heavy atom. The van der Waals surface area contributed by atoms with Crippen LogP contribution in [-0.4, -0.2) is 9.52 Å². The first-order chi connectivity index (χ1) is 7.39. The lowest BCUT2D eigenvalue weighted by Gasteiger charge is -2.26. The molecule has 1 heteroatoms. The van der Waals surface area contributed by atoms with Crippen molar-refractivity contribution in [2.45, 2.75) is 46.6 Å². The summed E-state index contributed by atoms with van der Waals surface area (Å²) in [7, 11) is 0.910. The number of hydrogen-bond donors (Lipinski definition) is 0. The largest absolute Gasteiger partial charge is 0.0752 e. The lowest BCUT2D eigenvalue weighted by Crippen LogP contribution is -2.21. The summed E-state index contributed by atoms with van der Waals surface area (Å²) in [6, 6.07) is 2.34. The second kappa shape index (κ2) is 3.59. The molecule has 0 atom stereocenters. The molecule has 0 spiro atoms. The summed E-state index contributed by atoms with van der Waals surface area (Å²) in [6.45, 7) is 13.7. The molecule has 0 saturated heterocycles. The van der Waals surface area contributed by atoms with Gasteiger partial charge in [-0.1, -0.05) is 37.7 Å². The van der Waals surface area contributed by atoms with E-state index in [-0.39, 0.29) is 5.41 Å². The molecule has 0 aromatic heterocycles. The van der Waals surface area contributed by atoms with Crippen LogP contribution >= 0.6 is 0 Å². The summed E-state index contributed by atoms with van der Waals surface area (Å²) in [4.78, 5) is 0. The van der Waals surface area contributed by atoms with E-state index in [9.17, 15) is 0 Å². The lowest BCUT2D eigenvalue weighted by atomic mass is 9.82. The Balaban J connectivity index is 2.77. The molecule has 1 aliphatic rings. The molecule has 0 bridgehead atoms. The van der Waals surface area contributed by atoms with Gasteiger partial charge in [0.05, 0.1) is 9.52 Å². The molecule has 84 valence electrons. The third-order valence-electron chi connectivity index (χ3n) is 3.95. The van der Waals surface area contributed by atoms with Crippen molar-refractivity contribution in [3.8, 4) is 0 Å². The van der Waals surface area contributed by atoms with Crippen molar-refractivity contribution in [2.24, 2.45) is 0 Å². The van der Waals surface area contributed by atoms with Crippen LogP contribution in [0.5, 0.6) is 0 Å². The Labute approximate surface area is 102 Å². The van der Waals surface area contributed by atoms with Gasteiger partial charge in [-0.2, -0.15) is 0 Å². The molecule has 1 aromatic rings. The summed E-state index contributed by atoms with van der Waals surface area (Å²) >= 11 is 0. The molecule has 1 aromatic carbocycles. The van der Waals surface area contributed by atoms with Crippen molar-refractivity contribution in [3.63, 3.8) is 0 Å². The summed E-state index contributed by atoms with van der Waals surface area (Å²) in [5, 5.41) is 1.60. The topological polar surface area (TPSA) is 0 Å². The predicted octanol–water partition coefficient (Wildman–Crippen LogP) is 4.00. The van der Waals surface area contributed by atoms with Crippen LogP contribution in [0.4, 0.5) is 0 Å². The average Bonchev–Trinajstić information content (AvgIpc) is 2.46. The van der Waals surface area contributed by atoms with Crippen molar-refractivity contribution in [1.29, 1.82) is 0 Å². The van der Waals surface area contributed by atoms with Crippen LogP contribution in [0, 0.1) is 20.8 Å². The average molecular weight is 228 g/mol. The van der Waals surface area contributed by atoms with E-state index in [0.717, 1.165) is 9.52 Å². The van der Waals surface area contributed by atoms with Gasteiger partial charge in [-0.25, -0.2) is 0 Å². The number of aryl methyl sites for hydroxylation is 2. The van der Waals surface area contributed by atoms with E-state index in [1.807, 2.05) is 0 Å².